The zero-order chi connectivity index (χ0) is 21.5. The highest BCUT2D eigenvalue weighted by Crippen LogP contribution is 2.61. The lowest BCUT2D eigenvalue weighted by atomic mass is 9.55. The van der Waals surface area contributed by atoms with E-state index in [1.165, 1.54) is 44.3 Å². The van der Waals surface area contributed by atoms with Crippen molar-refractivity contribution in [2.45, 2.75) is 24.7 Å². The first-order valence-corrected chi connectivity index (χ1v) is 11.3. The van der Waals surface area contributed by atoms with Gasteiger partial charge in [-0.2, -0.15) is 0 Å². The second-order valence-electron chi connectivity index (χ2n) is 9.59. The highest BCUT2D eigenvalue weighted by Gasteiger charge is 2.53. The van der Waals surface area contributed by atoms with Crippen molar-refractivity contribution in [1.82, 2.24) is 4.98 Å². The molecule has 0 aliphatic heterocycles. The third kappa shape index (κ3) is 1.97. The Morgan fingerprint density at radius 2 is 1.06 bits per heavy atom. The van der Waals surface area contributed by atoms with Crippen molar-refractivity contribution in [2.24, 2.45) is 0 Å². The van der Waals surface area contributed by atoms with Crippen molar-refractivity contribution in [1.29, 1.82) is 0 Å². The van der Waals surface area contributed by atoms with Gasteiger partial charge in [0.05, 0.1) is 16.6 Å². The Labute approximate surface area is 188 Å². The van der Waals surface area contributed by atoms with Crippen LogP contribution in [0.4, 0.5) is 0 Å². The summed E-state index contributed by atoms with van der Waals surface area (Å²) in [7, 11) is 0. The van der Waals surface area contributed by atoms with Gasteiger partial charge in [0, 0.05) is 16.4 Å². The summed E-state index contributed by atoms with van der Waals surface area (Å²) in [6, 6.07) is 37.8. The van der Waals surface area contributed by atoms with Crippen LogP contribution in [0.2, 0.25) is 0 Å². The minimum atomic E-state index is -0.355. The minimum absolute atomic E-state index is 0.0690. The molecule has 0 saturated carbocycles. The summed E-state index contributed by atoms with van der Waals surface area (Å²) in [6.07, 6.45) is 0. The second kappa shape index (κ2) is 5.95. The van der Waals surface area contributed by atoms with Gasteiger partial charge in [-0.1, -0.05) is 105 Å². The Hall–Kier alpha value is -3.71. The van der Waals surface area contributed by atoms with E-state index in [1.807, 2.05) is 0 Å². The van der Waals surface area contributed by atoms with Crippen LogP contribution in [0.1, 0.15) is 47.2 Å². The Balaban J connectivity index is 1.74. The number of rotatable bonds is 0. The number of benzene rings is 4. The molecule has 0 unspecified atom stereocenters. The van der Waals surface area contributed by atoms with E-state index in [9.17, 15) is 0 Å². The van der Waals surface area contributed by atoms with Gasteiger partial charge < -0.3 is 0 Å². The Bertz CT molecular complexity index is 1510. The van der Waals surface area contributed by atoms with E-state index in [0.29, 0.717) is 0 Å². The molecule has 152 valence electrons. The van der Waals surface area contributed by atoms with Crippen LogP contribution in [-0.4, -0.2) is 4.98 Å². The molecule has 4 aromatic carbocycles. The van der Waals surface area contributed by atoms with Crippen molar-refractivity contribution in [3.63, 3.8) is 0 Å². The van der Waals surface area contributed by atoms with Crippen LogP contribution in [-0.2, 0) is 10.8 Å². The highest BCUT2D eigenvalue weighted by molar-refractivity contribution is 5.92. The number of hydrogen-bond donors (Lipinski definition) is 0. The standard InChI is InChI=1S/C31H23N/c1-30(2)23-14-6-8-16-25(23)31(26-17-9-7-15-24(26)30)22-13-5-4-12-21(22)29-27(31)19-20-11-3-10-18-28(20)32-29/h3-19H,1-2H3. The molecule has 0 atom stereocenters. The summed E-state index contributed by atoms with van der Waals surface area (Å²) >= 11 is 0. The molecule has 1 heterocycles. The van der Waals surface area contributed by atoms with Crippen molar-refractivity contribution in [2.75, 3.05) is 0 Å². The highest BCUT2D eigenvalue weighted by atomic mass is 14.7. The summed E-state index contributed by atoms with van der Waals surface area (Å²) in [4.78, 5) is 5.23. The number of para-hydroxylation sites is 1. The number of hydrogen-bond acceptors (Lipinski definition) is 1. The number of aromatic nitrogens is 1. The van der Waals surface area contributed by atoms with E-state index in [4.69, 9.17) is 4.98 Å². The topological polar surface area (TPSA) is 12.9 Å². The monoisotopic (exact) mass is 409 g/mol. The van der Waals surface area contributed by atoms with E-state index in [-0.39, 0.29) is 10.8 Å². The van der Waals surface area contributed by atoms with Crippen molar-refractivity contribution in [3.8, 4) is 11.3 Å². The molecule has 1 aromatic heterocycles. The molecular formula is C31H23N. The average Bonchev–Trinajstić information content (AvgIpc) is 3.12. The van der Waals surface area contributed by atoms with Crippen LogP contribution >= 0.6 is 0 Å². The van der Waals surface area contributed by atoms with Gasteiger partial charge >= 0.3 is 0 Å². The van der Waals surface area contributed by atoms with E-state index in [2.05, 4.69) is 117 Å². The van der Waals surface area contributed by atoms with Gasteiger partial charge in [-0.25, -0.2) is 4.98 Å². The van der Waals surface area contributed by atoms with E-state index in [0.717, 1.165) is 11.2 Å². The fraction of sp³-hybridized carbons (Fsp3) is 0.129. The average molecular weight is 410 g/mol. The molecule has 0 bridgehead atoms. The first-order valence-electron chi connectivity index (χ1n) is 11.3. The minimum Gasteiger partial charge on any atom is -0.247 e. The largest absolute Gasteiger partial charge is 0.247 e. The van der Waals surface area contributed by atoms with Gasteiger partial charge in [-0.3, -0.25) is 0 Å². The smallest absolute Gasteiger partial charge is 0.0761 e. The lowest BCUT2D eigenvalue weighted by Crippen LogP contribution is -2.40. The molecule has 1 nitrogen and oxygen atoms in total. The molecule has 0 N–H and O–H groups in total. The molecule has 7 rings (SSSR count). The van der Waals surface area contributed by atoms with Crippen LogP contribution in [0.15, 0.2) is 103 Å². The van der Waals surface area contributed by atoms with Gasteiger partial charge in [0.2, 0.25) is 0 Å². The van der Waals surface area contributed by atoms with E-state index < -0.39 is 0 Å². The molecule has 2 aliphatic carbocycles. The summed E-state index contributed by atoms with van der Waals surface area (Å²) in [6.45, 7) is 4.72. The van der Waals surface area contributed by atoms with Gasteiger partial charge in [0.15, 0.2) is 0 Å². The molecule has 1 spiro atoms. The van der Waals surface area contributed by atoms with Crippen LogP contribution in [0.25, 0.3) is 22.2 Å². The normalized spacial score (nSPS) is 16.3. The second-order valence-corrected chi connectivity index (χ2v) is 9.59. The quantitative estimate of drug-likeness (QED) is 0.258. The fourth-order valence-electron chi connectivity index (χ4n) is 6.35. The predicted molar refractivity (Wildman–Crippen MR) is 131 cm³/mol. The van der Waals surface area contributed by atoms with Crippen LogP contribution in [0.5, 0.6) is 0 Å². The lowest BCUT2D eigenvalue weighted by molar-refractivity contribution is 0.563. The SMILES string of the molecule is CC1(C)c2ccccc2C2(c3ccccc3-c3nc4ccccc4cc32)c2ccccc21. The number of nitrogens with zero attached hydrogens (tertiary/aromatic N) is 1. The first kappa shape index (κ1) is 17.9. The van der Waals surface area contributed by atoms with Crippen molar-refractivity contribution in [3.05, 3.63) is 137 Å². The Kier molecular flexibility index (Phi) is 3.33. The zero-order valence-electron chi connectivity index (χ0n) is 18.3. The molecule has 32 heavy (non-hydrogen) atoms. The Morgan fingerprint density at radius 3 is 1.75 bits per heavy atom. The van der Waals surface area contributed by atoms with Gasteiger partial charge in [-0.15, -0.1) is 0 Å². The summed E-state index contributed by atoms with van der Waals surface area (Å²) in [5, 5.41) is 1.19. The predicted octanol–water partition coefficient (Wildman–Crippen LogP) is 7.24. The third-order valence-corrected chi connectivity index (χ3v) is 7.72. The van der Waals surface area contributed by atoms with Gasteiger partial charge in [-0.05, 0) is 45.5 Å². The number of pyridine rings is 1. The van der Waals surface area contributed by atoms with E-state index >= 15 is 0 Å². The van der Waals surface area contributed by atoms with E-state index in [1.54, 1.807) is 0 Å². The molecule has 5 aromatic rings. The fourth-order valence-corrected chi connectivity index (χ4v) is 6.35. The zero-order valence-corrected chi connectivity index (χ0v) is 18.3. The van der Waals surface area contributed by atoms with Crippen LogP contribution in [0.3, 0.4) is 0 Å². The molecule has 2 aliphatic rings. The van der Waals surface area contributed by atoms with Crippen LogP contribution in [0, 0.1) is 0 Å². The molecule has 1 heteroatoms. The molecule has 0 radical (unpaired) electrons. The van der Waals surface area contributed by atoms with Crippen LogP contribution < -0.4 is 0 Å². The number of fused-ring (bicyclic) bond motifs is 10. The van der Waals surface area contributed by atoms with Gasteiger partial charge in [0.25, 0.3) is 0 Å². The van der Waals surface area contributed by atoms with Crippen molar-refractivity contribution < 1.29 is 0 Å². The van der Waals surface area contributed by atoms with Crippen molar-refractivity contribution >= 4 is 10.9 Å². The maximum absolute atomic E-state index is 5.23. The maximum atomic E-state index is 5.23. The Morgan fingerprint density at radius 1 is 0.531 bits per heavy atom. The molecular weight excluding hydrogens is 386 g/mol. The molecule has 0 amide bonds. The third-order valence-electron chi connectivity index (χ3n) is 7.72. The first-order chi connectivity index (χ1) is 15.6. The summed E-state index contributed by atoms with van der Waals surface area (Å²) in [5.74, 6) is 0. The summed E-state index contributed by atoms with van der Waals surface area (Å²) < 4.78 is 0. The molecule has 0 saturated heterocycles. The van der Waals surface area contributed by atoms with Gasteiger partial charge in [0.1, 0.15) is 0 Å². The summed E-state index contributed by atoms with van der Waals surface area (Å²) in [5.41, 5.74) is 11.2. The molecule has 0 fully saturated rings. The maximum Gasteiger partial charge on any atom is 0.0761 e. The lowest BCUT2D eigenvalue weighted by Gasteiger charge is -2.46.